The Labute approximate surface area is 136 Å². The van der Waals surface area contributed by atoms with Gasteiger partial charge in [-0.25, -0.2) is 0 Å². The van der Waals surface area contributed by atoms with Gasteiger partial charge in [0.25, 0.3) is 0 Å². The van der Waals surface area contributed by atoms with Gasteiger partial charge in [-0.15, -0.1) is 11.3 Å². The van der Waals surface area contributed by atoms with Crippen LogP contribution in [0.4, 0.5) is 0 Å². The van der Waals surface area contributed by atoms with Crippen molar-refractivity contribution in [2.45, 2.75) is 13.2 Å². The highest BCUT2D eigenvalue weighted by Crippen LogP contribution is 2.37. The second kappa shape index (κ2) is 7.31. The molecule has 0 radical (unpaired) electrons. The first-order chi connectivity index (χ1) is 9.63. The summed E-state index contributed by atoms with van der Waals surface area (Å²) in [6.45, 7) is 1.20. The Kier molecular flexibility index (Phi) is 5.72. The molecular weight excluding hydrogens is 362 g/mol. The van der Waals surface area contributed by atoms with E-state index >= 15 is 0 Å². The summed E-state index contributed by atoms with van der Waals surface area (Å²) in [6.07, 6.45) is 0. The Bertz CT molecular complexity index is 589. The van der Waals surface area contributed by atoms with Gasteiger partial charge in [0.1, 0.15) is 6.61 Å². The third-order valence-electron chi connectivity index (χ3n) is 2.65. The first-order valence-corrected chi connectivity index (χ1v) is 8.05. The van der Waals surface area contributed by atoms with E-state index in [0.29, 0.717) is 23.1 Å². The van der Waals surface area contributed by atoms with Crippen molar-refractivity contribution in [2.75, 3.05) is 14.2 Å². The molecule has 20 heavy (non-hydrogen) atoms. The highest BCUT2D eigenvalue weighted by Gasteiger charge is 2.12. The van der Waals surface area contributed by atoms with Crippen LogP contribution in [0.15, 0.2) is 28.1 Å². The van der Waals surface area contributed by atoms with E-state index in [9.17, 15) is 0 Å². The van der Waals surface area contributed by atoms with E-state index in [1.807, 2.05) is 30.6 Å². The Morgan fingerprint density at radius 3 is 2.75 bits per heavy atom. The minimum atomic E-state index is 0.470. The molecule has 0 aliphatic rings. The lowest BCUT2D eigenvalue weighted by Crippen LogP contribution is -2.06. The Hall–Kier alpha value is -0.750. The Morgan fingerprint density at radius 2 is 2.15 bits per heavy atom. The molecule has 0 spiro atoms. The molecule has 1 aromatic carbocycles. The molecule has 108 valence electrons. The number of halogens is 2. The first-order valence-electron chi connectivity index (χ1n) is 6.00. The smallest absolute Gasteiger partial charge is 0.180 e. The van der Waals surface area contributed by atoms with Crippen LogP contribution in [-0.4, -0.2) is 14.2 Å². The van der Waals surface area contributed by atoms with Crippen molar-refractivity contribution in [1.82, 2.24) is 5.32 Å². The normalized spacial score (nSPS) is 10.6. The minimum Gasteiger partial charge on any atom is -0.493 e. The minimum absolute atomic E-state index is 0.470. The number of ether oxygens (including phenoxy) is 2. The number of thiophene rings is 1. The number of rotatable bonds is 6. The Balaban J connectivity index is 2.17. The topological polar surface area (TPSA) is 30.5 Å². The molecule has 6 heteroatoms. The van der Waals surface area contributed by atoms with Gasteiger partial charge in [-0.05, 0) is 46.7 Å². The highest BCUT2D eigenvalue weighted by molar-refractivity contribution is 9.10. The molecule has 0 saturated carbocycles. The third-order valence-corrected chi connectivity index (χ3v) is 4.60. The summed E-state index contributed by atoms with van der Waals surface area (Å²) < 4.78 is 12.2. The van der Waals surface area contributed by atoms with E-state index < -0.39 is 0 Å². The van der Waals surface area contributed by atoms with Crippen LogP contribution in [0, 0.1) is 0 Å². The summed E-state index contributed by atoms with van der Waals surface area (Å²) in [7, 11) is 3.50. The van der Waals surface area contributed by atoms with Gasteiger partial charge in [0.15, 0.2) is 11.5 Å². The van der Waals surface area contributed by atoms with Crippen LogP contribution in [0.3, 0.4) is 0 Å². The van der Waals surface area contributed by atoms with Crippen LogP contribution >= 0.6 is 38.9 Å². The summed E-state index contributed by atoms with van der Waals surface area (Å²) in [5.74, 6) is 1.23. The molecule has 2 aromatic rings. The molecule has 3 nitrogen and oxygen atoms in total. The second-order valence-electron chi connectivity index (χ2n) is 4.16. The first kappa shape index (κ1) is 15.6. The lowest BCUT2D eigenvalue weighted by atomic mass is 10.2. The van der Waals surface area contributed by atoms with E-state index in [1.165, 1.54) is 0 Å². The average Bonchev–Trinajstić information content (AvgIpc) is 2.83. The van der Waals surface area contributed by atoms with E-state index in [1.54, 1.807) is 18.4 Å². The van der Waals surface area contributed by atoms with Gasteiger partial charge in [0.05, 0.1) is 12.1 Å². The van der Waals surface area contributed by atoms with E-state index in [0.717, 1.165) is 21.5 Å². The van der Waals surface area contributed by atoms with Crippen LogP contribution in [0.1, 0.15) is 10.4 Å². The standard InChI is InChI=1S/C14H15BrClNO2S/c1-17-6-9-3-12(16)14(13(4-9)18-2)19-7-11-5-10(15)8-20-11/h3-5,8,17H,6-7H2,1-2H3. The number of methoxy groups -OCH3 is 1. The molecule has 0 aliphatic carbocycles. The zero-order valence-electron chi connectivity index (χ0n) is 11.2. The van der Waals surface area contributed by atoms with Crippen LogP contribution in [0.2, 0.25) is 5.02 Å². The van der Waals surface area contributed by atoms with Crippen LogP contribution in [0.25, 0.3) is 0 Å². The summed E-state index contributed by atoms with van der Waals surface area (Å²) in [5.41, 5.74) is 1.06. The SMILES string of the molecule is CNCc1cc(Cl)c(OCc2cc(Br)cs2)c(OC)c1. The molecule has 0 atom stereocenters. The lowest BCUT2D eigenvalue weighted by molar-refractivity contribution is 0.287. The van der Waals surface area contributed by atoms with Crippen molar-refractivity contribution in [1.29, 1.82) is 0 Å². The van der Waals surface area contributed by atoms with Gasteiger partial charge >= 0.3 is 0 Å². The summed E-state index contributed by atoms with van der Waals surface area (Å²) >= 11 is 11.3. The van der Waals surface area contributed by atoms with E-state index in [4.69, 9.17) is 21.1 Å². The molecule has 0 saturated heterocycles. The third kappa shape index (κ3) is 3.88. The van der Waals surface area contributed by atoms with Crippen molar-refractivity contribution in [3.63, 3.8) is 0 Å². The number of hydrogen-bond acceptors (Lipinski definition) is 4. The van der Waals surface area contributed by atoms with Crippen molar-refractivity contribution in [3.05, 3.63) is 43.5 Å². The quantitative estimate of drug-likeness (QED) is 0.807. The molecule has 0 unspecified atom stereocenters. The number of nitrogens with one attached hydrogen (secondary N) is 1. The maximum atomic E-state index is 6.28. The molecule has 2 rings (SSSR count). The van der Waals surface area contributed by atoms with Crippen molar-refractivity contribution in [2.24, 2.45) is 0 Å². The second-order valence-corrected chi connectivity index (χ2v) is 6.48. The van der Waals surface area contributed by atoms with Gasteiger partial charge in [0.2, 0.25) is 0 Å². The van der Waals surface area contributed by atoms with Crippen molar-refractivity contribution < 1.29 is 9.47 Å². The van der Waals surface area contributed by atoms with Crippen molar-refractivity contribution >= 4 is 38.9 Å². The van der Waals surface area contributed by atoms with Crippen LogP contribution in [-0.2, 0) is 13.2 Å². The molecule has 1 aromatic heterocycles. The monoisotopic (exact) mass is 375 g/mol. The van der Waals surface area contributed by atoms with Crippen molar-refractivity contribution in [3.8, 4) is 11.5 Å². The number of benzene rings is 1. The molecule has 1 heterocycles. The molecular formula is C14H15BrClNO2S. The predicted molar refractivity (Wildman–Crippen MR) is 87.1 cm³/mol. The van der Waals surface area contributed by atoms with E-state index in [-0.39, 0.29) is 0 Å². The predicted octanol–water partition coefficient (Wildman–Crippen LogP) is 4.47. The molecule has 1 N–H and O–H groups in total. The van der Waals surface area contributed by atoms with Gasteiger partial charge in [-0.1, -0.05) is 11.6 Å². The van der Waals surface area contributed by atoms with Gasteiger partial charge in [0, 0.05) is 21.3 Å². The van der Waals surface area contributed by atoms with Crippen LogP contribution < -0.4 is 14.8 Å². The summed E-state index contributed by atoms with van der Waals surface area (Å²) in [5, 5.41) is 5.67. The zero-order chi connectivity index (χ0) is 14.5. The maximum Gasteiger partial charge on any atom is 0.180 e. The number of hydrogen-bond donors (Lipinski definition) is 1. The van der Waals surface area contributed by atoms with Crippen LogP contribution in [0.5, 0.6) is 11.5 Å². The fourth-order valence-corrected chi connectivity index (χ4v) is 3.44. The van der Waals surface area contributed by atoms with Gasteiger partial charge in [-0.3, -0.25) is 0 Å². The lowest BCUT2D eigenvalue weighted by Gasteiger charge is -2.13. The molecule has 0 aliphatic heterocycles. The highest BCUT2D eigenvalue weighted by atomic mass is 79.9. The van der Waals surface area contributed by atoms with Gasteiger partial charge < -0.3 is 14.8 Å². The largest absolute Gasteiger partial charge is 0.493 e. The Morgan fingerprint density at radius 1 is 1.35 bits per heavy atom. The summed E-state index contributed by atoms with van der Waals surface area (Å²) in [6, 6.07) is 5.85. The summed E-state index contributed by atoms with van der Waals surface area (Å²) in [4.78, 5) is 1.12. The molecule has 0 amide bonds. The zero-order valence-corrected chi connectivity index (χ0v) is 14.4. The maximum absolute atomic E-state index is 6.28. The average molecular weight is 377 g/mol. The molecule has 0 bridgehead atoms. The molecule has 0 fully saturated rings. The fraction of sp³-hybridized carbons (Fsp3) is 0.286. The van der Waals surface area contributed by atoms with E-state index in [2.05, 4.69) is 21.2 Å². The van der Waals surface area contributed by atoms with Gasteiger partial charge in [-0.2, -0.15) is 0 Å². The fourth-order valence-electron chi connectivity index (χ4n) is 1.79.